The molecule has 0 fully saturated rings. The number of aryl methyl sites for hydroxylation is 1. The van der Waals surface area contributed by atoms with Gasteiger partial charge in [0, 0.05) is 18.0 Å². The summed E-state index contributed by atoms with van der Waals surface area (Å²) in [7, 11) is 0. The van der Waals surface area contributed by atoms with E-state index < -0.39 is 0 Å². The van der Waals surface area contributed by atoms with Gasteiger partial charge in [-0.05, 0) is 53.6 Å². The molecular formula is C18H18N2. The Kier molecular flexibility index (Phi) is 4.51. The summed E-state index contributed by atoms with van der Waals surface area (Å²) < 4.78 is 0. The second-order valence-corrected chi connectivity index (χ2v) is 4.55. The lowest BCUT2D eigenvalue weighted by molar-refractivity contribution is 1.32. The predicted octanol–water partition coefficient (Wildman–Crippen LogP) is 4.10. The number of nitrogens with zero attached hydrogens (tertiary/aromatic N) is 1. The highest BCUT2D eigenvalue weighted by Crippen LogP contribution is 2.25. The van der Waals surface area contributed by atoms with E-state index in [2.05, 4.69) is 42.8 Å². The molecule has 1 heterocycles. The van der Waals surface area contributed by atoms with Gasteiger partial charge in [-0.15, -0.1) is 0 Å². The molecule has 0 spiro atoms. The number of hydrogen-bond acceptors (Lipinski definition) is 2. The van der Waals surface area contributed by atoms with Crippen LogP contribution in [-0.2, 0) is 0 Å². The molecule has 0 saturated carbocycles. The Balaban J connectivity index is 2.54. The van der Waals surface area contributed by atoms with Crippen molar-refractivity contribution in [2.75, 3.05) is 0 Å². The van der Waals surface area contributed by atoms with Crippen molar-refractivity contribution in [3.05, 3.63) is 84.9 Å². The van der Waals surface area contributed by atoms with Crippen molar-refractivity contribution in [2.24, 2.45) is 5.73 Å². The molecule has 1 aromatic carbocycles. The molecule has 20 heavy (non-hydrogen) atoms. The van der Waals surface area contributed by atoms with E-state index in [1.807, 2.05) is 24.4 Å². The summed E-state index contributed by atoms with van der Waals surface area (Å²) >= 11 is 0. The number of aromatic nitrogens is 1. The Morgan fingerprint density at radius 2 is 2.10 bits per heavy atom. The first kappa shape index (κ1) is 13.8. The summed E-state index contributed by atoms with van der Waals surface area (Å²) in [6.07, 6.45) is 10.8. The maximum absolute atomic E-state index is 5.52. The van der Waals surface area contributed by atoms with Gasteiger partial charge in [-0.25, -0.2) is 0 Å². The first-order chi connectivity index (χ1) is 9.74. The van der Waals surface area contributed by atoms with E-state index in [-0.39, 0.29) is 0 Å². The van der Waals surface area contributed by atoms with Gasteiger partial charge < -0.3 is 5.73 Å². The van der Waals surface area contributed by atoms with Crippen molar-refractivity contribution in [1.29, 1.82) is 0 Å². The van der Waals surface area contributed by atoms with Gasteiger partial charge in [0.2, 0.25) is 0 Å². The second kappa shape index (κ2) is 6.53. The summed E-state index contributed by atoms with van der Waals surface area (Å²) in [5.41, 5.74) is 11.1. The Hall–Kier alpha value is -2.61. The van der Waals surface area contributed by atoms with Crippen LogP contribution in [0.25, 0.3) is 16.7 Å². The lowest BCUT2D eigenvalue weighted by Crippen LogP contribution is -1.88. The van der Waals surface area contributed by atoms with Gasteiger partial charge in [0.25, 0.3) is 0 Å². The molecule has 2 N–H and O–H groups in total. The van der Waals surface area contributed by atoms with Crippen molar-refractivity contribution in [2.45, 2.75) is 6.92 Å². The summed E-state index contributed by atoms with van der Waals surface area (Å²) in [5, 5.41) is 0. The Bertz CT molecular complexity index is 652. The maximum atomic E-state index is 5.52. The second-order valence-electron chi connectivity index (χ2n) is 4.55. The van der Waals surface area contributed by atoms with Crippen LogP contribution in [0.4, 0.5) is 0 Å². The van der Waals surface area contributed by atoms with E-state index in [9.17, 15) is 0 Å². The average Bonchev–Trinajstić information content (AvgIpc) is 2.47. The van der Waals surface area contributed by atoms with Crippen LogP contribution in [0.2, 0.25) is 0 Å². The number of benzene rings is 1. The minimum atomic E-state index is 1.04. The molecule has 1 aromatic heterocycles. The lowest BCUT2D eigenvalue weighted by Gasteiger charge is -2.08. The van der Waals surface area contributed by atoms with Gasteiger partial charge >= 0.3 is 0 Å². The molecule has 0 unspecified atom stereocenters. The molecule has 100 valence electrons. The molecule has 0 aliphatic heterocycles. The van der Waals surface area contributed by atoms with Gasteiger partial charge in [0.1, 0.15) is 0 Å². The van der Waals surface area contributed by atoms with Crippen LogP contribution in [0.3, 0.4) is 0 Å². The normalized spacial score (nSPS) is 11.8. The molecule has 0 bridgehead atoms. The standard InChI is InChI=1S/C18H18N2/c1-3-5-15(7-8-19)17-10-14(2)11-18(12-17)16-6-4-9-20-13-16/h3-13H,1,19H2,2H3/b8-7-,15-5+. The van der Waals surface area contributed by atoms with Crippen LogP contribution in [0, 0.1) is 6.92 Å². The molecule has 2 aromatic rings. The zero-order chi connectivity index (χ0) is 14.4. The number of pyridine rings is 1. The summed E-state index contributed by atoms with van der Waals surface area (Å²) in [6, 6.07) is 10.4. The number of nitrogens with two attached hydrogens (primary N) is 1. The van der Waals surface area contributed by atoms with Crippen molar-refractivity contribution < 1.29 is 0 Å². The Morgan fingerprint density at radius 3 is 2.75 bits per heavy atom. The average molecular weight is 262 g/mol. The van der Waals surface area contributed by atoms with E-state index >= 15 is 0 Å². The summed E-state index contributed by atoms with van der Waals surface area (Å²) in [4.78, 5) is 4.17. The minimum absolute atomic E-state index is 1.04. The van der Waals surface area contributed by atoms with Gasteiger partial charge in [-0.3, -0.25) is 4.98 Å². The fourth-order valence-electron chi connectivity index (χ4n) is 2.13. The van der Waals surface area contributed by atoms with Crippen LogP contribution < -0.4 is 5.73 Å². The maximum Gasteiger partial charge on any atom is 0.0346 e. The SMILES string of the molecule is C=C/C=C(\C=C/N)c1cc(C)cc(-c2cccnc2)c1. The smallest absolute Gasteiger partial charge is 0.0346 e. The molecule has 2 nitrogen and oxygen atoms in total. The molecule has 0 saturated heterocycles. The molecule has 0 atom stereocenters. The summed E-state index contributed by atoms with van der Waals surface area (Å²) in [6.45, 7) is 5.83. The molecule has 2 rings (SSSR count). The largest absolute Gasteiger partial charge is 0.405 e. The zero-order valence-corrected chi connectivity index (χ0v) is 11.6. The van der Waals surface area contributed by atoms with E-state index in [4.69, 9.17) is 5.73 Å². The third-order valence-electron chi connectivity index (χ3n) is 2.98. The molecule has 0 amide bonds. The van der Waals surface area contributed by atoms with Crippen molar-refractivity contribution in [3.63, 3.8) is 0 Å². The number of rotatable bonds is 4. The van der Waals surface area contributed by atoms with E-state index in [0.717, 1.165) is 22.3 Å². The Labute approximate surface area is 120 Å². The molecular weight excluding hydrogens is 244 g/mol. The monoisotopic (exact) mass is 262 g/mol. The predicted molar refractivity (Wildman–Crippen MR) is 85.9 cm³/mol. The van der Waals surface area contributed by atoms with Gasteiger partial charge in [0.05, 0.1) is 0 Å². The third kappa shape index (κ3) is 3.23. The fraction of sp³-hybridized carbons (Fsp3) is 0.0556. The van der Waals surface area contributed by atoms with E-state index in [0.29, 0.717) is 0 Å². The number of hydrogen-bond donors (Lipinski definition) is 1. The summed E-state index contributed by atoms with van der Waals surface area (Å²) in [5.74, 6) is 0. The van der Waals surface area contributed by atoms with E-state index in [1.165, 1.54) is 5.56 Å². The van der Waals surface area contributed by atoms with Crippen molar-refractivity contribution in [3.8, 4) is 11.1 Å². The van der Waals surface area contributed by atoms with Crippen LogP contribution >= 0.6 is 0 Å². The first-order valence-corrected chi connectivity index (χ1v) is 6.48. The molecule has 0 aliphatic carbocycles. The third-order valence-corrected chi connectivity index (χ3v) is 2.98. The van der Waals surface area contributed by atoms with Gasteiger partial charge in [-0.2, -0.15) is 0 Å². The van der Waals surface area contributed by atoms with Crippen molar-refractivity contribution in [1.82, 2.24) is 4.98 Å². The molecule has 0 radical (unpaired) electrons. The van der Waals surface area contributed by atoms with Crippen LogP contribution in [-0.4, -0.2) is 4.98 Å². The highest BCUT2D eigenvalue weighted by molar-refractivity contribution is 5.79. The van der Waals surface area contributed by atoms with Crippen LogP contribution in [0.5, 0.6) is 0 Å². The van der Waals surface area contributed by atoms with Crippen LogP contribution in [0.15, 0.2) is 73.7 Å². The fourth-order valence-corrected chi connectivity index (χ4v) is 2.13. The quantitative estimate of drug-likeness (QED) is 0.842. The number of allylic oxidation sites excluding steroid dienone is 4. The highest BCUT2D eigenvalue weighted by Gasteiger charge is 2.04. The van der Waals surface area contributed by atoms with Gasteiger partial charge in [0.15, 0.2) is 0 Å². The van der Waals surface area contributed by atoms with Crippen LogP contribution in [0.1, 0.15) is 11.1 Å². The topological polar surface area (TPSA) is 38.9 Å². The van der Waals surface area contributed by atoms with Crippen molar-refractivity contribution >= 4 is 5.57 Å². The Morgan fingerprint density at radius 1 is 1.25 bits per heavy atom. The van der Waals surface area contributed by atoms with E-state index in [1.54, 1.807) is 18.5 Å². The minimum Gasteiger partial charge on any atom is -0.405 e. The first-order valence-electron chi connectivity index (χ1n) is 6.48. The van der Waals surface area contributed by atoms with Gasteiger partial charge in [-0.1, -0.05) is 36.9 Å². The zero-order valence-electron chi connectivity index (χ0n) is 11.6. The highest BCUT2D eigenvalue weighted by atomic mass is 14.6. The molecule has 0 aliphatic rings. The lowest BCUT2D eigenvalue weighted by atomic mass is 9.97. The molecule has 2 heteroatoms.